The first-order chi connectivity index (χ1) is 36.5. The fourth-order valence-electron chi connectivity index (χ4n) is 10.3. The third-order valence-electron chi connectivity index (χ3n) is 15.4. The molecule has 436 valence electrons. The number of allylic oxidation sites excluding steroid dienone is 5. The molecule has 74 heavy (non-hydrogen) atoms. The first kappa shape index (κ1) is 72.1. The lowest BCUT2D eigenvalue weighted by Crippen LogP contribution is -2.45. The molecule has 2 atom stereocenters. The lowest BCUT2D eigenvalue weighted by molar-refractivity contribution is -0.143. The van der Waals surface area contributed by atoms with Crippen LogP contribution in [-0.4, -0.2) is 47.4 Å². The monoisotopic (exact) mass is 1040 g/mol. The summed E-state index contributed by atoms with van der Waals surface area (Å²) in [7, 11) is 0. The zero-order valence-electron chi connectivity index (χ0n) is 49.8. The first-order valence-corrected chi connectivity index (χ1v) is 33.3. The van der Waals surface area contributed by atoms with E-state index in [9.17, 15) is 19.8 Å². The molecule has 0 spiro atoms. The van der Waals surface area contributed by atoms with Gasteiger partial charge in [0.05, 0.1) is 25.4 Å². The molecule has 0 saturated heterocycles. The standard InChI is InChI=1S/C68H129NO5/c1-3-5-7-9-11-13-15-17-19-20-21-26-29-33-36-40-44-48-52-56-60-66(71)65(64-70)69-67(72)61-57-53-49-45-41-37-34-30-27-24-22-23-25-28-31-35-39-43-47-51-55-59-63-74-68(73)62-58-54-50-46-42-38-32-18-16-14-12-10-8-6-4-2/h18,24,27,32,56,60,65-66,70-71H,3-17,19-23,25-26,28-31,33-55,57-59,61-64H2,1-2H3,(H,69,72)/b27-24-,32-18-,60-56+. The Morgan fingerprint density at radius 1 is 0.365 bits per heavy atom. The second kappa shape index (κ2) is 63.6. The summed E-state index contributed by atoms with van der Waals surface area (Å²) in [4.78, 5) is 24.6. The van der Waals surface area contributed by atoms with E-state index in [1.807, 2.05) is 6.08 Å². The van der Waals surface area contributed by atoms with Crippen molar-refractivity contribution in [3.8, 4) is 0 Å². The van der Waals surface area contributed by atoms with Crippen LogP contribution in [0.2, 0.25) is 0 Å². The second-order valence-corrected chi connectivity index (χ2v) is 22.8. The molecular formula is C68H129NO5. The molecule has 0 aliphatic carbocycles. The summed E-state index contributed by atoms with van der Waals surface area (Å²) in [5.41, 5.74) is 0. The summed E-state index contributed by atoms with van der Waals surface area (Å²) in [5, 5.41) is 23.2. The van der Waals surface area contributed by atoms with Crippen LogP contribution < -0.4 is 5.32 Å². The topological polar surface area (TPSA) is 95.9 Å². The normalized spacial score (nSPS) is 12.8. The van der Waals surface area contributed by atoms with Crippen molar-refractivity contribution in [1.82, 2.24) is 5.32 Å². The number of carbonyl (C=O) groups is 2. The highest BCUT2D eigenvalue weighted by Gasteiger charge is 2.18. The lowest BCUT2D eigenvalue weighted by atomic mass is 10.0. The van der Waals surface area contributed by atoms with Crippen LogP contribution in [-0.2, 0) is 14.3 Å². The van der Waals surface area contributed by atoms with Crippen molar-refractivity contribution in [3.05, 3.63) is 36.5 Å². The maximum absolute atomic E-state index is 12.5. The number of hydrogen-bond acceptors (Lipinski definition) is 5. The van der Waals surface area contributed by atoms with Crippen LogP contribution in [0.5, 0.6) is 0 Å². The summed E-state index contributed by atoms with van der Waals surface area (Å²) >= 11 is 0. The van der Waals surface area contributed by atoms with E-state index in [2.05, 4.69) is 43.5 Å². The summed E-state index contributed by atoms with van der Waals surface area (Å²) in [6.07, 6.45) is 80.5. The Balaban J connectivity index is 3.45. The Bertz CT molecular complexity index is 1200. The van der Waals surface area contributed by atoms with Gasteiger partial charge in [0.15, 0.2) is 0 Å². The predicted octanol–water partition coefficient (Wildman–Crippen LogP) is 21.1. The number of esters is 1. The zero-order chi connectivity index (χ0) is 53.6. The maximum atomic E-state index is 12.5. The molecule has 0 aliphatic rings. The predicted molar refractivity (Wildman–Crippen MR) is 324 cm³/mol. The molecule has 0 aliphatic heterocycles. The molecule has 6 heteroatoms. The van der Waals surface area contributed by atoms with Crippen molar-refractivity contribution in [2.24, 2.45) is 0 Å². The third-order valence-corrected chi connectivity index (χ3v) is 15.4. The fraction of sp³-hybridized carbons (Fsp3) is 0.882. The highest BCUT2D eigenvalue weighted by Crippen LogP contribution is 2.17. The van der Waals surface area contributed by atoms with Crippen LogP contribution in [0.1, 0.15) is 361 Å². The molecule has 0 saturated carbocycles. The van der Waals surface area contributed by atoms with E-state index in [0.717, 1.165) is 51.4 Å². The van der Waals surface area contributed by atoms with Crippen LogP contribution in [0.3, 0.4) is 0 Å². The molecule has 6 nitrogen and oxygen atoms in total. The molecule has 3 N–H and O–H groups in total. The van der Waals surface area contributed by atoms with Gasteiger partial charge < -0.3 is 20.3 Å². The largest absolute Gasteiger partial charge is 0.466 e. The molecule has 0 radical (unpaired) electrons. The van der Waals surface area contributed by atoms with Crippen LogP contribution in [0, 0.1) is 0 Å². The lowest BCUT2D eigenvalue weighted by Gasteiger charge is -2.20. The van der Waals surface area contributed by atoms with Gasteiger partial charge in [0.1, 0.15) is 0 Å². The quantitative estimate of drug-likeness (QED) is 0.0320. The maximum Gasteiger partial charge on any atom is 0.305 e. The molecular weight excluding hydrogens is 911 g/mol. The van der Waals surface area contributed by atoms with E-state index >= 15 is 0 Å². The van der Waals surface area contributed by atoms with Gasteiger partial charge in [-0.25, -0.2) is 0 Å². The Labute approximate surface area is 462 Å². The molecule has 0 bridgehead atoms. The molecule has 1 amide bonds. The first-order valence-electron chi connectivity index (χ1n) is 33.3. The highest BCUT2D eigenvalue weighted by atomic mass is 16.5. The smallest absolute Gasteiger partial charge is 0.305 e. The average molecular weight is 1040 g/mol. The number of aliphatic hydroxyl groups excluding tert-OH is 2. The fourth-order valence-corrected chi connectivity index (χ4v) is 10.3. The van der Waals surface area contributed by atoms with E-state index in [0.29, 0.717) is 19.4 Å². The van der Waals surface area contributed by atoms with Gasteiger partial charge in [-0.15, -0.1) is 0 Å². The number of hydrogen-bond donors (Lipinski definition) is 3. The number of amides is 1. The van der Waals surface area contributed by atoms with Crippen molar-refractivity contribution in [2.75, 3.05) is 13.2 Å². The Kier molecular flexibility index (Phi) is 62.0. The van der Waals surface area contributed by atoms with Gasteiger partial charge in [0, 0.05) is 12.8 Å². The minimum absolute atomic E-state index is 0.00178. The summed E-state index contributed by atoms with van der Waals surface area (Å²) in [5.74, 6) is -0.0705. The van der Waals surface area contributed by atoms with Crippen LogP contribution in [0.15, 0.2) is 36.5 Å². The summed E-state index contributed by atoms with van der Waals surface area (Å²) < 4.78 is 5.48. The van der Waals surface area contributed by atoms with Crippen LogP contribution in [0.25, 0.3) is 0 Å². The van der Waals surface area contributed by atoms with Crippen molar-refractivity contribution in [1.29, 1.82) is 0 Å². The highest BCUT2D eigenvalue weighted by molar-refractivity contribution is 5.76. The minimum atomic E-state index is -0.850. The third kappa shape index (κ3) is 59.3. The van der Waals surface area contributed by atoms with Crippen molar-refractivity contribution in [3.63, 3.8) is 0 Å². The van der Waals surface area contributed by atoms with Gasteiger partial charge in [-0.1, -0.05) is 301 Å². The van der Waals surface area contributed by atoms with Gasteiger partial charge in [-0.2, -0.15) is 0 Å². The summed E-state index contributed by atoms with van der Waals surface area (Å²) in [6, 6.07) is -0.634. The molecule has 2 unspecified atom stereocenters. The minimum Gasteiger partial charge on any atom is -0.466 e. The average Bonchev–Trinajstić information content (AvgIpc) is 3.40. The molecule has 0 aromatic carbocycles. The molecule has 0 aromatic heterocycles. The molecule has 0 fully saturated rings. The van der Waals surface area contributed by atoms with Crippen LogP contribution >= 0.6 is 0 Å². The number of carbonyl (C=O) groups excluding carboxylic acids is 2. The van der Waals surface area contributed by atoms with Gasteiger partial charge in [-0.05, 0) is 83.5 Å². The number of unbranched alkanes of at least 4 members (excludes halogenated alkanes) is 47. The van der Waals surface area contributed by atoms with Gasteiger partial charge in [-0.3, -0.25) is 9.59 Å². The zero-order valence-corrected chi connectivity index (χ0v) is 49.8. The molecule has 0 rings (SSSR count). The van der Waals surface area contributed by atoms with E-state index in [4.69, 9.17) is 4.74 Å². The van der Waals surface area contributed by atoms with Crippen LogP contribution in [0.4, 0.5) is 0 Å². The summed E-state index contributed by atoms with van der Waals surface area (Å²) in [6.45, 7) is 4.91. The van der Waals surface area contributed by atoms with Crippen molar-refractivity contribution >= 4 is 11.9 Å². The van der Waals surface area contributed by atoms with Gasteiger partial charge in [0.25, 0.3) is 0 Å². The Morgan fingerprint density at radius 3 is 0.959 bits per heavy atom. The number of nitrogens with one attached hydrogen (secondary N) is 1. The second-order valence-electron chi connectivity index (χ2n) is 22.8. The number of ether oxygens (including phenoxy) is 1. The van der Waals surface area contributed by atoms with E-state index in [1.54, 1.807) is 6.08 Å². The Morgan fingerprint density at radius 2 is 0.635 bits per heavy atom. The Hall–Kier alpha value is -1.92. The van der Waals surface area contributed by atoms with E-state index < -0.39 is 12.1 Å². The molecule has 0 heterocycles. The van der Waals surface area contributed by atoms with Gasteiger partial charge >= 0.3 is 5.97 Å². The van der Waals surface area contributed by atoms with Gasteiger partial charge in [0.2, 0.25) is 5.91 Å². The number of aliphatic hydroxyl groups is 2. The van der Waals surface area contributed by atoms with Crippen molar-refractivity contribution < 1.29 is 24.5 Å². The van der Waals surface area contributed by atoms with Crippen molar-refractivity contribution in [2.45, 2.75) is 373 Å². The number of rotatable bonds is 62. The SMILES string of the molecule is CCCCCCCC/C=C\CCCCCCCC(=O)OCCCCCCCCCCCCC/C=C\CCCCCCCCCC(=O)NC(CO)C(O)/C=C/CCCCCCCCCCCCCCCCCCCC. The van der Waals surface area contributed by atoms with E-state index in [1.165, 1.54) is 283 Å². The van der Waals surface area contributed by atoms with E-state index in [-0.39, 0.29) is 18.5 Å². The molecule has 0 aromatic rings.